The van der Waals surface area contributed by atoms with Crippen molar-refractivity contribution < 1.29 is 9.32 Å². The van der Waals surface area contributed by atoms with Gasteiger partial charge in [-0.3, -0.25) is 4.79 Å². The fraction of sp³-hybridized carbons (Fsp3) is 0.278. The van der Waals surface area contributed by atoms with Crippen molar-refractivity contribution in [3.63, 3.8) is 0 Å². The molecule has 1 atom stereocenters. The average Bonchev–Trinajstić information content (AvgIpc) is 3.34. The summed E-state index contributed by atoms with van der Waals surface area (Å²) < 4.78 is 5.23. The summed E-state index contributed by atoms with van der Waals surface area (Å²) in [4.78, 5) is 17.5. The van der Waals surface area contributed by atoms with Crippen LogP contribution in [0.1, 0.15) is 35.9 Å². The summed E-state index contributed by atoms with van der Waals surface area (Å²) in [6.45, 7) is 0. The Labute approximate surface area is 143 Å². The number of nitrogens with one attached hydrogen (secondary N) is 1. The molecule has 5 nitrogen and oxygen atoms in total. The van der Waals surface area contributed by atoms with Crippen LogP contribution < -0.4 is 5.32 Å². The smallest absolute Gasteiger partial charge is 0.227 e. The van der Waals surface area contributed by atoms with Gasteiger partial charge in [-0.2, -0.15) is 4.98 Å². The SMILES string of the molecule is O=C(CCc1nc(-c2cccs2)no1)NC1CCc2ccccc21. The normalized spacial score (nSPS) is 16.1. The van der Waals surface area contributed by atoms with E-state index in [1.165, 1.54) is 11.1 Å². The van der Waals surface area contributed by atoms with Crippen molar-refractivity contribution in [2.45, 2.75) is 31.7 Å². The van der Waals surface area contributed by atoms with Gasteiger partial charge in [0, 0.05) is 12.8 Å². The van der Waals surface area contributed by atoms with E-state index in [-0.39, 0.29) is 11.9 Å². The number of aryl methyl sites for hydroxylation is 2. The molecule has 0 radical (unpaired) electrons. The Morgan fingerprint density at radius 3 is 3.08 bits per heavy atom. The molecule has 2 heterocycles. The number of hydrogen-bond acceptors (Lipinski definition) is 5. The number of thiophene rings is 1. The van der Waals surface area contributed by atoms with E-state index in [2.05, 4.69) is 27.6 Å². The van der Waals surface area contributed by atoms with Crippen LogP contribution in [0.15, 0.2) is 46.3 Å². The van der Waals surface area contributed by atoms with E-state index in [1.807, 2.05) is 29.6 Å². The summed E-state index contributed by atoms with van der Waals surface area (Å²) >= 11 is 1.56. The van der Waals surface area contributed by atoms with E-state index < -0.39 is 0 Å². The van der Waals surface area contributed by atoms with Crippen LogP contribution in [0.5, 0.6) is 0 Å². The van der Waals surface area contributed by atoms with E-state index in [4.69, 9.17) is 4.52 Å². The first-order valence-electron chi connectivity index (χ1n) is 8.03. The Hall–Kier alpha value is -2.47. The maximum atomic E-state index is 12.2. The third-order valence-corrected chi connectivity index (χ3v) is 5.11. The van der Waals surface area contributed by atoms with Crippen molar-refractivity contribution >= 4 is 17.2 Å². The zero-order valence-electron chi connectivity index (χ0n) is 13.1. The van der Waals surface area contributed by atoms with Crippen LogP contribution in [0.25, 0.3) is 10.7 Å². The summed E-state index contributed by atoms with van der Waals surface area (Å²) in [5, 5.41) is 9.05. The van der Waals surface area contributed by atoms with Gasteiger partial charge < -0.3 is 9.84 Å². The predicted octanol–water partition coefficient (Wildman–Crippen LogP) is 3.53. The first-order valence-corrected chi connectivity index (χ1v) is 8.91. The second-order valence-electron chi connectivity index (χ2n) is 5.85. The van der Waals surface area contributed by atoms with Crippen molar-refractivity contribution in [3.8, 4) is 10.7 Å². The third-order valence-electron chi connectivity index (χ3n) is 4.24. The number of amides is 1. The molecule has 2 aromatic heterocycles. The molecule has 122 valence electrons. The number of carbonyl (C=O) groups excluding carboxylic acids is 1. The van der Waals surface area contributed by atoms with Crippen LogP contribution >= 0.6 is 11.3 Å². The molecular formula is C18H17N3O2S. The molecule has 24 heavy (non-hydrogen) atoms. The Bertz CT molecular complexity index is 842. The lowest BCUT2D eigenvalue weighted by Gasteiger charge is -2.13. The Balaban J connectivity index is 1.33. The molecule has 0 spiro atoms. The number of carbonyl (C=O) groups is 1. The molecule has 0 saturated heterocycles. The van der Waals surface area contributed by atoms with Crippen molar-refractivity contribution in [2.24, 2.45) is 0 Å². The maximum absolute atomic E-state index is 12.2. The highest BCUT2D eigenvalue weighted by molar-refractivity contribution is 7.13. The van der Waals surface area contributed by atoms with E-state index in [0.717, 1.165) is 17.7 Å². The molecule has 1 aromatic carbocycles. The van der Waals surface area contributed by atoms with Crippen LogP contribution in [-0.2, 0) is 17.6 Å². The van der Waals surface area contributed by atoms with Gasteiger partial charge in [0.15, 0.2) is 0 Å². The van der Waals surface area contributed by atoms with Crippen LogP contribution in [0.4, 0.5) is 0 Å². The summed E-state index contributed by atoms with van der Waals surface area (Å²) in [7, 11) is 0. The molecule has 0 fully saturated rings. The van der Waals surface area contributed by atoms with Crippen molar-refractivity contribution in [1.82, 2.24) is 15.5 Å². The van der Waals surface area contributed by atoms with Crippen LogP contribution in [0.3, 0.4) is 0 Å². The number of rotatable bonds is 5. The number of hydrogen-bond donors (Lipinski definition) is 1. The number of nitrogens with zero attached hydrogens (tertiary/aromatic N) is 2. The molecule has 0 aliphatic heterocycles. The van der Waals surface area contributed by atoms with Crippen LogP contribution in [0.2, 0.25) is 0 Å². The molecule has 4 rings (SSSR count). The van der Waals surface area contributed by atoms with E-state index >= 15 is 0 Å². The van der Waals surface area contributed by atoms with E-state index in [9.17, 15) is 4.79 Å². The Morgan fingerprint density at radius 2 is 2.21 bits per heavy atom. The number of fused-ring (bicyclic) bond motifs is 1. The van der Waals surface area contributed by atoms with Gasteiger partial charge in [0.25, 0.3) is 0 Å². The topological polar surface area (TPSA) is 68.0 Å². The van der Waals surface area contributed by atoms with Crippen molar-refractivity contribution in [1.29, 1.82) is 0 Å². The first-order chi connectivity index (χ1) is 11.8. The molecule has 3 aromatic rings. The highest BCUT2D eigenvalue weighted by Gasteiger charge is 2.23. The molecule has 1 aliphatic rings. The molecule has 1 amide bonds. The largest absolute Gasteiger partial charge is 0.349 e. The van der Waals surface area contributed by atoms with Gasteiger partial charge in [-0.1, -0.05) is 35.5 Å². The fourth-order valence-electron chi connectivity index (χ4n) is 3.06. The van der Waals surface area contributed by atoms with Gasteiger partial charge in [0.05, 0.1) is 10.9 Å². The number of benzene rings is 1. The molecule has 1 N–H and O–H groups in total. The van der Waals surface area contributed by atoms with Gasteiger partial charge in [0.2, 0.25) is 17.6 Å². The third kappa shape index (κ3) is 3.10. The summed E-state index contributed by atoms with van der Waals surface area (Å²) in [5.41, 5.74) is 2.57. The summed E-state index contributed by atoms with van der Waals surface area (Å²) in [5.74, 6) is 1.11. The fourth-order valence-corrected chi connectivity index (χ4v) is 3.71. The minimum atomic E-state index is 0.0209. The minimum absolute atomic E-state index is 0.0209. The van der Waals surface area contributed by atoms with Gasteiger partial charge in [-0.05, 0) is 35.4 Å². The van der Waals surface area contributed by atoms with Crippen LogP contribution in [0, 0.1) is 0 Å². The first kappa shape index (κ1) is 15.1. The maximum Gasteiger partial charge on any atom is 0.227 e. The zero-order valence-corrected chi connectivity index (χ0v) is 13.9. The van der Waals surface area contributed by atoms with Gasteiger partial charge in [0.1, 0.15) is 0 Å². The quantitative estimate of drug-likeness (QED) is 0.772. The summed E-state index contributed by atoms with van der Waals surface area (Å²) in [6.07, 6.45) is 2.80. The monoisotopic (exact) mass is 339 g/mol. The van der Waals surface area contributed by atoms with E-state index in [0.29, 0.717) is 24.6 Å². The standard InChI is InChI=1S/C18H17N3O2S/c22-16(19-14-8-7-12-4-1-2-5-13(12)14)9-10-17-20-18(21-23-17)15-6-3-11-24-15/h1-6,11,14H,7-10H2,(H,19,22). The highest BCUT2D eigenvalue weighted by atomic mass is 32.1. The lowest BCUT2D eigenvalue weighted by atomic mass is 10.1. The van der Waals surface area contributed by atoms with Crippen LogP contribution in [-0.4, -0.2) is 16.0 Å². The minimum Gasteiger partial charge on any atom is -0.349 e. The lowest BCUT2D eigenvalue weighted by Crippen LogP contribution is -2.27. The molecule has 1 aliphatic carbocycles. The highest BCUT2D eigenvalue weighted by Crippen LogP contribution is 2.30. The van der Waals surface area contributed by atoms with Gasteiger partial charge >= 0.3 is 0 Å². The molecule has 6 heteroatoms. The second kappa shape index (κ2) is 6.57. The Morgan fingerprint density at radius 1 is 1.29 bits per heavy atom. The van der Waals surface area contributed by atoms with Gasteiger partial charge in [-0.25, -0.2) is 0 Å². The molecule has 0 saturated carbocycles. The van der Waals surface area contributed by atoms with E-state index in [1.54, 1.807) is 11.3 Å². The van der Waals surface area contributed by atoms with Crippen molar-refractivity contribution in [3.05, 3.63) is 58.8 Å². The average molecular weight is 339 g/mol. The van der Waals surface area contributed by atoms with Crippen molar-refractivity contribution in [2.75, 3.05) is 0 Å². The Kier molecular flexibility index (Phi) is 4.13. The molecular weight excluding hydrogens is 322 g/mol. The zero-order chi connectivity index (χ0) is 16.4. The second-order valence-corrected chi connectivity index (χ2v) is 6.79. The molecule has 0 bridgehead atoms. The lowest BCUT2D eigenvalue weighted by molar-refractivity contribution is -0.121. The number of aromatic nitrogens is 2. The summed E-state index contributed by atoms with van der Waals surface area (Å²) in [6, 6.07) is 12.3. The molecule has 1 unspecified atom stereocenters. The predicted molar refractivity (Wildman–Crippen MR) is 91.6 cm³/mol. The van der Waals surface area contributed by atoms with Gasteiger partial charge in [-0.15, -0.1) is 11.3 Å².